The Kier molecular flexibility index (Phi) is 5.59. The summed E-state index contributed by atoms with van der Waals surface area (Å²) in [6, 6.07) is 0.0323. The molecule has 2 fully saturated rings. The monoisotopic (exact) mass is 356 g/mol. The maximum Gasteiger partial charge on any atom is 0.211 e. The van der Waals surface area contributed by atoms with Crippen molar-refractivity contribution in [2.24, 2.45) is 11.8 Å². The summed E-state index contributed by atoms with van der Waals surface area (Å²) in [6.45, 7) is 5.60. The van der Waals surface area contributed by atoms with Gasteiger partial charge in [-0.25, -0.2) is 18.1 Å². The van der Waals surface area contributed by atoms with E-state index in [0.717, 1.165) is 32.0 Å². The van der Waals surface area contributed by atoms with Crippen LogP contribution in [0, 0.1) is 11.8 Å². The number of hydrogen-bond acceptors (Lipinski definition) is 5. The lowest BCUT2D eigenvalue weighted by molar-refractivity contribution is 0.184. The molecule has 136 valence electrons. The summed E-state index contributed by atoms with van der Waals surface area (Å²) in [6.07, 6.45) is 6.24. The molecular weight excluding hydrogens is 328 g/mol. The highest BCUT2D eigenvalue weighted by atomic mass is 32.2. The molecule has 0 radical (unpaired) electrons. The Labute approximate surface area is 144 Å². The van der Waals surface area contributed by atoms with Crippen molar-refractivity contribution in [1.82, 2.24) is 19.2 Å². The van der Waals surface area contributed by atoms with Gasteiger partial charge in [0.2, 0.25) is 10.0 Å². The second-order valence-corrected chi connectivity index (χ2v) is 8.90. The van der Waals surface area contributed by atoms with Gasteiger partial charge in [-0.05, 0) is 31.6 Å². The Morgan fingerprint density at radius 1 is 1.38 bits per heavy atom. The minimum Gasteiger partial charge on any atom is -0.383 e. The largest absolute Gasteiger partial charge is 0.383 e. The number of methoxy groups -OCH3 is 1. The van der Waals surface area contributed by atoms with Crippen molar-refractivity contribution in [3.8, 4) is 0 Å². The average Bonchev–Trinajstić information content (AvgIpc) is 3.19. The number of imidazole rings is 1. The number of hydrogen-bond donors (Lipinski definition) is 1. The molecule has 2 atom stereocenters. The number of sulfonamides is 1. The van der Waals surface area contributed by atoms with Gasteiger partial charge in [-0.15, -0.1) is 0 Å². The molecule has 24 heavy (non-hydrogen) atoms. The van der Waals surface area contributed by atoms with Gasteiger partial charge in [0.15, 0.2) is 0 Å². The third kappa shape index (κ3) is 4.36. The van der Waals surface area contributed by atoms with Gasteiger partial charge in [-0.1, -0.05) is 0 Å². The van der Waals surface area contributed by atoms with Crippen molar-refractivity contribution in [2.75, 3.05) is 32.6 Å². The van der Waals surface area contributed by atoms with Gasteiger partial charge in [0.1, 0.15) is 5.82 Å². The fourth-order valence-electron chi connectivity index (χ4n) is 3.57. The molecule has 1 aliphatic carbocycles. The molecule has 1 N–H and O–H groups in total. The number of aromatic nitrogens is 2. The number of likely N-dealkylation sites (tertiary alicyclic amines) is 1. The van der Waals surface area contributed by atoms with Crippen molar-refractivity contribution in [3.63, 3.8) is 0 Å². The summed E-state index contributed by atoms with van der Waals surface area (Å²) in [4.78, 5) is 6.79. The highest BCUT2D eigenvalue weighted by Crippen LogP contribution is 2.41. The number of nitrogens with one attached hydrogen (secondary N) is 1. The Balaban J connectivity index is 1.64. The molecule has 0 amide bonds. The Morgan fingerprint density at radius 2 is 2.17 bits per heavy atom. The second-order valence-electron chi connectivity index (χ2n) is 6.85. The number of ether oxygens (including phenoxy) is 1. The zero-order valence-corrected chi connectivity index (χ0v) is 15.3. The van der Waals surface area contributed by atoms with Gasteiger partial charge < -0.3 is 9.30 Å². The summed E-state index contributed by atoms with van der Waals surface area (Å²) < 4.78 is 34.1. The van der Waals surface area contributed by atoms with Crippen LogP contribution in [0.1, 0.15) is 25.6 Å². The fraction of sp³-hybridized carbons (Fsp3) is 0.812. The van der Waals surface area contributed by atoms with E-state index in [0.29, 0.717) is 18.4 Å². The van der Waals surface area contributed by atoms with E-state index in [1.807, 2.05) is 12.4 Å². The molecule has 2 heterocycles. The van der Waals surface area contributed by atoms with Crippen LogP contribution in [0.4, 0.5) is 0 Å². The van der Waals surface area contributed by atoms with Crippen molar-refractivity contribution in [1.29, 1.82) is 0 Å². The summed E-state index contributed by atoms with van der Waals surface area (Å²) in [5.41, 5.74) is 0. The first-order chi connectivity index (χ1) is 11.5. The quantitative estimate of drug-likeness (QED) is 0.704. The molecule has 0 bridgehead atoms. The van der Waals surface area contributed by atoms with Crippen molar-refractivity contribution < 1.29 is 13.2 Å². The van der Waals surface area contributed by atoms with Crippen LogP contribution in [-0.4, -0.2) is 61.5 Å². The minimum absolute atomic E-state index is 0.0323. The first kappa shape index (κ1) is 17.8. The van der Waals surface area contributed by atoms with Crippen LogP contribution in [0.2, 0.25) is 0 Å². The maximum absolute atomic E-state index is 12.0. The van der Waals surface area contributed by atoms with Crippen LogP contribution in [0.5, 0.6) is 0 Å². The highest BCUT2D eigenvalue weighted by Gasteiger charge is 2.43. The van der Waals surface area contributed by atoms with E-state index in [9.17, 15) is 8.42 Å². The second kappa shape index (κ2) is 7.51. The molecule has 7 nitrogen and oxygen atoms in total. The molecule has 1 aromatic rings. The lowest BCUT2D eigenvalue weighted by Gasteiger charge is -2.18. The van der Waals surface area contributed by atoms with E-state index in [-0.39, 0.29) is 11.8 Å². The summed E-state index contributed by atoms with van der Waals surface area (Å²) in [5, 5.41) is 0. The Hall–Kier alpha value is -0.960. The van der Waals surface area contributed by atoms with E-state index in [4.69, 9.17) is 4.74 Å². The van der Waals surface area contributed by atoms with Crippen molar-refractivity contribution >= 4 is 10.0 Å². The van der Waals surface area contributed by atoms with E-state index in [1.54, 1.807) is 14.0 Å². The van der Waals surface area contributed by atoms with E-state index in [1.165, 1.54) is 12.8 Å². The summed E-state index contributed by atoms with van der Waals surface area (Å²) in [5.74, 6) is 2.25. The zero-order chi connectivity index (χ0) is 17.2. The molecule has 1 aliphatic heterocycles. The molecular formula is C16H28N4O3S. The maximum atomic E-state index is 12.0. The van der Waals surface area contributed by atoms with Gasteiger partial charge >= 0.3 is 0 Å². The first-order valence-electron chi connectivity index (χ1n) is 8.73. The zero-order valence-electron chi connectivity index (χ0n) is 14.5. The standard InChI is InChI=1S/C16H28N4O3S/c1-3-24(21,22)18-15-11-19(10-14(15)13-4-5-13)12-16-17-6-7-20(16)8-9-23-2/h6-7,13-15,18H,3-5,8-12H2,1-2H3/t14-,15+/m1/s1. The first-order valence-corrected chi connectivity index (χ1v) is 10.4. The van der Waals surface area contributed by atoms with Gasteiger partial charge in [0.25, 0.3) is 0 Å². The van der Waals surface area contributed by atoms with Crippen LogP contribution in [-0.2, 0) is 27.8 Å². The topological polar surface area (TPSA) is 76.5 Å². The molecule has 3 rings (SSSR count). The van der Waals surface area contributed by atoms with Gasteiger partial charge in [-0.3, -0.25) is 4.90 Å². The molecule has 0 unspecified atom stereocenters. The van der Waals surface area contributed by atoms with Crippen LogP contribution in [0.15, 0.2) is 12.4 Å². The van der Waals surface area contributed by atoms with Crippen molar-refractivity contribution in [3.05, 3.63) is 18.2 Å². The minimum atomic E-state index is -3.16. The van der Waals surface area contributed by atoms with Gasteiger partial charge in [0, 0.05) is 45.2 Å². The van der Waals surface area contributed by atoms with Gasteiger partial charge in [-0.2, -0.15) is 0 Å². The third-order valence-corrected chi connectivity index (χ3v) is 6.50. The molecule has 1 saturated carbocycles. The molecule has 2 aliphatic rings. The van der Waals surface area contributed by atoms with E-state index >= 15 is 0 Å². The highest BCUT2D eigenvalue weighted by molar-refractivity contribution is 7.89. The molecule has 1 saturated heterocycles. The average molecular weight is 356 g/mol. The van der Waals surface area contributed by atoms with Crippen LogP contribution < -0.4 is 4.72 Å². The van der Waals surface area contributed by atoms with Crippen LogP contribution in [0.25, 0.3) is 0 Å². The number of nitrogens with zero attached hydrogens (tertiary/aromatic N) is 3. The predicted octanol–water partition coefficient (Wildman–Crippen LogP) is 0.679. The summed E-state index contributed by atoms with van der Waals surface area (Å²) >= 11 is 0. The van der Waals surface area contributed by atoms with E-state index in [2.05, 4.69) is 19.2 Å². The van der Waals surface area contributed by atoms with Gasteiger partial charge in [0.05, 0.1) is 18.9 Å². The smallest absolute Gasteiger partial charge is 0.211 e. The third-order valence-electron chi connectivity index (χ3n) is 5.08. The van der Waals surface area contributed by atoms with Crippen molar-refractivity contribution in [2.45, 2.75) is 38.9 Å². The van der Waals surface area contributed by atoms with Crippen LogP contribution in [0.3, 0.4) is 0 Å². The number of rotatable bonds is 9. The molecule has 8 heteroatoms. The lowest BCUT2D eigenvalue weighted by atomic mass is 9.99. The Bertz CT molecular complexity index is 642. The molecule has 1 aromatic heterocycles. The SMILES string of the molecule is CCS(=O)(=O)N[C@H]1CN(Cc2nccn2CCOC)C[C@@H]1C1CC1. The Morgan fingerprint density at radius 3 is 2.83 bits per heavy atom. The normalized spacial score (nSPS) is 25.4. The van der Waals surface area contributed by atoms with E-state index < -0.39 is 10.0 Å². The summed E-state index contributed by atoms with van der Waals surface area (Å²) in [7, 11) is -1.47. The molecule has 0 spiro atoms. The fourth-order valence-corrected chi connectivity index (χ4v) is 4.45. The van der Waals surface area contributed by atoms with Crippen LogP contribution >= 0.6 is 0 Å². The molecule has 0 aromatic carbocycles. The lowest BCUT2D eigenvalue weighted by Crippen LogP contribution is -2.41. The predicted molar refractivity (Wildman–Crippen MR) is 92.0 cm³/mol.